The molecule has 0 fully saturated rings. The molecule has 2 rings (SSSR count). The van der Waals surface area contributed by atoms with Crippen molar-refractivity contribution in [2.24, 2.45) is 27.0 Å². The summed E-state index contributed by atoms with van der Waals surface area (Å²) < 4.78 is 0. The molecule has 0 atom stereocenters. The first kappa shape index (κ1) is 14.2. The van der Waals surface area contributed by atoms with E-state index in [1.165, 1.54) is 12.4 Å². The van der Waals surface area contributed by atoms with Crippen molar-refractivity contribution in [2.45, 2.75) is 0 Å². The van der Waals surface area contributed by atoms with E-state index in [2.05, 4.69) is 15.3 Å². The summed E-state index contributed by atoms with van der Waals surface area (Å²) in [6.45, 7) is 0. The second-order valence-electron chi connectivity index (χ2n) is 4.11. The van der Waals surface area contributed by atoms with Gasteiger partial charge in [-0.15, -0.1) is 0 Å². The molecule has 7 nitrogen and oxygen atoms in total. The SMILES string of the molecule is NN=Cc1ccc(N=[N+]([O-])c2ccc(C=NN)cc2)cc1. The number of hydrogen-bond donors (Lipinski definition) is 2. The molecule has 7 heteroatoms. The predicted molar refractivity (Wildman–Crippen MR) is 81.8 cm³/mol. The van der Waals surface area contributed by atoms with Crippen LogP contribution < -0.4 is 11.7 Å². The van der Waals surface area contributed by atoms with Crippen molar-refractivity contribution in [3.8, 4) is 0 Å². The van der Waals surface area contributed by atoms with Gasteiger partial charge in [-0.1, -0.05) is 17.0 Å². The summed E-state index contributed by atoms with van der Waals surface area (Å²) >= 11 is 0. The summed E-state index contributed by atoms with van der Waals surface area (Å²) in [5.41, 5.74) is 2.59. The highest BCUT2D eigenvalue weighted by Crippen LogP contribution is 2.18. The number of azo groups is 1. The third-order valence-corrected chi connectivity index (χ3v) is 2.66. The largest absolute Gasteiger partial charge is 0.594 e. The lowest BCUT2D eigenvalue weighted by Crippen LogP contribution is -1.92. The van der Waals surface area contributed by atoms with Gasteiger partial charge in [-0.2, -0.15) is 10.2 Å². The van der Waals surface area contributed by atoms with Crippen molar-refractivity contribution in [1.29, 1.82) is 0 Å². The van der Waals surface area contributed by atoms with Crippen molar-refractivity contribution in [1.82, 2.24) is 0 Å². The van der Waals surface area contributed by atoms with Crippen LogP contribution in [0.1, 0.15) is 11.1 Å². The Hall–Kier alpha value is -3.22. The Bertz CT molecular complexity index is 674. The topological polar surface area (TPSA) is 115 Å². The first-order valence-electron chi connectivity index (χ1n) is 6.08. The smallest absolute Gasteiger partial charge is 0.244 e. The van der Waals surface area contributed by atoms with Gasteiger partial charge in [0.05, 0.1) is 12.4 Å². The molecule has 0 spiro atoms. The number of hydrogen-bond acceptors (Lipinski definition) is 6. The summed E-state index contributed by atoms with van der Waals surface area (Å²) in [5, 5.41) is 22.7. The van der Waals surface area contributed by atoms with Crippen LogP contribution >= 0.6 is 0 Å². The molecule has 0 aliphatic carbocycles. The van der Waals surface area contributed by atoms with Gasteiger partial charge in [-0.25, -0.2) is 0 Å². The molecule has 0 bridgehead atoms. The molecular weight excluding hydrogens is 268 g/mol. The van der Waals surface area contributed by atoms with Crippen LogP contribution in [0.5, 0.6) is 0 Å². The van der Waals surface area contributed by atoms with Gasteiger partial charge in [-0.05, 0) is 35.4 Å². The maximum Gasteiger partial charge on any atom is 0.244 e. The zero-order valence-electron chi connectivity index (χ0n) is 11.1. The van der Waals surface area contributed by atoms with Crippen LogP contribution in [-0.4, -0.2) is 17.3 Å². The molecule has 2 aromatic carbocycles. The van der Waals surface area contributed by atoms with Crippen molar-refractivity contribution in [3.05, 3.63) is 64.9 Å². The van der Waals surface area contributed by atoms with E-state index in [0.29, 0.717) is 16.2 Å². The van der Waals surface area contributed by atoms with Gasteiger partial charge in [0.2, 0.25) is 5.69 Å². The highest BCUT2D eigenvalue weighted by atomic mass is 16.5. The molecule has 0 unspecified atom stereocenters. The fourth-order valence-corrected chi connectivity index (χ4v) is 1.65. The number of nitrogens with zero attached hydrogens (tertiary/aromatic N) is 4. The average molecular weight is 282 g/mol. The zero-order chi connectivity index (χ0) is 15.1. The van der Waals surface area contributed by atoms with Crippen molar-refractivity contribution in [2.75, 3.05) is 0 Å². The molecule has 0 saturated heterocycles. The maximum absolute atomic E-state index is 11.9. The minimum absolute atomic E-state index is 0.414. The van der Waals surface area contributed by atoms with Gasteiger partial charge >= 0.3 is 0 Å². The Labute approximate surface area is 121 Å². The van der Waals surface area contributed by atoms with E-state index in [-0.39, 0.29) is 0 Å². The van der Waals surface area contributed by atoms with Crippen molar-refractivity contribution < 1.29 is 4.86 Å². The average Bonchev–Trinajstić information content (AvgIpc) is 2.50. The molecule has 0 heterocycles. The molecule has 0 aliphatic heterocycles. The minimum atomic E-state index is 0.414. The number of hydrazone groups is 2. The van der Waals surface area contributed by atoms with E-state index in [0.717, 1.165) is 11.1 Å². The Morgan fingerprint density at radius 3 is 1.76 bits per heavy atom. The molecule has 0 radical (unpaired) electrons. The molecule has 0 aromatic heterocycles. The standard InChI is InChI=1S/C14H14N6O/c15-17-9-11-1-5-13(6-2-11)19-20(21)14-7-3-12(4-8-14)10-18-16/h1-10H,15-16H2. The second-order valence-corrected chi connectivity index (χ2v) is 4.11. The lowest BCUT2D eigenvalue weighted by atomic mass is 10.2. The van der Waals surface area contributed by atoms with E-state index in [1.54, 1.807) is 48.5 Å². The van der Waals surface area contributed by atoms with Gasteiger partial charge < -0.3 is 16.9 Å². The molecule has 2 aromatic rings. The molecule has 106 valence electrons. The van der Waals surface area contributed by atoms with Crippen LogP contribution in [0.15, 0.2) is 63.8 Å². The highest BCUT2D eigenvalue weighted by molar-refractivity contribution is 5.80. The van der Waals surface area contributed by atoms with Crippen LogP contribution in [0.3, 0.4) is 0 Å². The van der Waals surface area contributed by atoms with Crippen LogP contribution in [0.4, 0.5) is 11.4 Å². The van der Waals surface area contributed by atoms with Crippen LogP contribution in [-0.2, 0) is 0 Å². The monoisotopic (exact) mass is 282 g/mol. The molecule has 0 aliphatic rings. The van der Waals surface area contributed by atoms with E-state index in [1.807, 2.05) is 0 Å². The Balaban J connectivity index is 2.19. The van der Waals surface area contributed by atoms with E-state index in [9.17, 15) is 5.21 Å². The first-order chi connectivity index (χ1) is 10.2. The minimum Gasteiger partial charge on any atom is -0.594 e. The van der Waals surface area contributed by atoms with Gasteiger partial charge in [0.15, 0.2) is 0 Å². The number of nitrogens with two attached hydrogens (primary N) is 2. The van der Waals surface area contributed by atoms with Crippen LogP contribution in [0.2, 0.25) is 0 Å². The fraction of sp³-hybridized carbons (Fsp3) is 0. The number of rotatable bonds is 4. The van der Waals surface area contributed by atoms with E-state index < -0.39 is 0 Å². The summed E-state index contributed by atoms with van der Waals surface area (Å²) in [6, 6.07) is 13.7. The van der Waals surface area contributed by atoms with Gasteiger partial charge in [0.25, 0.3) is 0 Å². The number of benzene rings is 2. The third-order valence-electron chi connectivity index (χ3n) is 2.66. The zero-order valence-corrected chi connectivity index (χ0v) is 11.1. The molecule has 0 amide bonds. The van der Waals surface area contributed by atoms with E-state index >= 15 is 0 Å². The third kappa shape index (κ3) is 3.87. The van der Waals surface area contributed by atoms with Crippen molar-refractivity contribution >= 4 is 23.8 Å². The summed E-state index contributed by atoms with van der Waals surface area (Å²) in [6.07, 6.45) is 3.00. The molecule has 4 N–H and O–H groups in total. The summed E-state index contributed by atoms with van der Waals surface area (Å²) in [7, 11) is 0. The second kappa shape index (κ2) is 6.80. The molecule has 0 saturated carbocycles. The van der Waals surface area contributed by atoms with Crippen LogP contribution in [0.25, 0.3) is 0 Å². The van der Waals surface area contributed by atoms with Crippen LogP contribution in [0, 0.1) is 5.21 Å². The highest BCUT2D eigenvalue weighted by Gasteiger charge is 2.03. The predicted octanol–water partition coefficient (Wildman–Crippen LogP) is 2.20. The summed E-state index contributed by atoms with van der Waals surface area (Å²) in [4.78, 5) is 0.551. The van der Waals surface area contributed by atoms with Crippen molar-refractivity contribution in [3.63, 3.8) is 0 Å². The Morgan fingerprint density at radius 2 is 1.29 bits per heavy atom. The normalized spacial score (nSPS) is 12.3. The molecule has 21 heavy (non-hydrogen) atoms. The van der Waals surface area contributed by atoms with Gasteiger partial charge in [0, 0.05) is 17.2 Å². The van der Waals surface area contributed by atoms with Gasteiger partial charge in [-0.3, -0.25) is 0 Å². The first-order valence-corrected chi connectivity index (χ1v) is 6.08. The van der Waals surface area contributed by atoms with Gasteiger partial charge in [0.1, 0.15) is 5.69 Å². The quantitative estimate of drug-likeness (QED) is 0.294. The lowest BCUT2D eigenvalue weighted by Gasteiger charge is -2.00. The lowest BCUT2D eigenvalue weighted by molar-refractivity contribution is -0.435. The Morgan fingerprint density at radius 1 is 0.810 bits per heavy atom. The maximum atomic E-state index is 11.9. The summed E-state index contributed by atoms with van der Waals surface area (Å²) in [5.74, 6) is 10.1. The fourth-order valence-electron chi connectivity index (χ4n) is 1.65. The molecular formula is C14H14N6O. The van der Waals surface area contributed by atoms with E-state index in [4.69, 9.17) is 11.7 Å². The Kier molecular flexibility index (Phi) is 4.60.